The third-order valence-electron chi connectivity index (χ3n) is 5.57. The molecule has 0 radical (unpaired) electrons. The number of aryl methyl sites for hydroxylation is 2. The largest absolute Gasteiger partial charge is 0.494 e. The molecule has 4 nitrogen and oxygen atoms in total. The van der Waals surface area contributed by atoms with Crippen molar-refractivity contribution in [2.45, 2.75) is 33.6 Å². The first-order chi connectivity index (χ1) is 13.0. The molecule has 4 heteroatoms. The number of hydrogen-bond donors (Lipinski definition) is 2. The highest BCUT2D eigenvalue weighted by molar-refractivity contribution is 6.04. The van der Waals surface area contributed by atoms with Gasteiger partial charge in [0.05, 0.1) is 11.3 Å². The molecule has 140 valence electrons. The van der Waals surface area contributed by atoms with Crippen LogP contribution in [-0.4, -0.2) is 29.4 Å². The highest BCUT2D eigenvalue weighted by Gasteiger charge is 2.18. The zero-order valence-corrected chi connectivity index (χ0v) is 16.3. The number of hydrogen-bond acceptors (Lipinski definition) is 3. The predicted molar refractivity (Wildman–Crippen MR) is 114 cm³/mol. The van der Waals surface area contributed by atoms with E-state index in [-0.39, 0.29) is 5.88 Å². The van der Waals surface area contributed by atoms with E-state index < -0.39 is 0 Å². The van der Waals surface area contributed by atoms with E-state index in [2.05, 4.69) is 46.9 Å². The summed E-state index contributed by atoms with van der Waals surface area (Å²) in [6, 6.07) is 12.4. The second-order valence-corrected chi connectivity index (χ2v) is 7.81. The van der Waals surface area contributed by atoms with E-state index in [1.165, 1.54) is 24.1 Å². The van der Waals surface area contributed by atoms with Gasteiger partial charge in [0.15, 0.2) is 5.88 Å². The third kappa shape index (κ3) is 3.44. The number of fused-ring (bicyclic) bond motifs is 1. The van der Waals surface area contributed by atoms with Crippen molar-refractivity contribution in [1.82, 2.24) is 4.98 Å². The summed E-state index contributed by atoms with van der Waals surface area (Å²) in [5.74, 6) is 0.919. The molecule has 0 bridgehead atoms. The topological polar surface area (TPSA) is 51.6 Å². The molecule has 1 saturated heterocycles. The van der Waals surface area contributed by atoms with Crippen LogP contribution >= 0.6 is 0 Å². The van der Waals surface area contributed by atoms with Crippen LogP contribution in [0.3, 0.4) is 0 Å². The number of aliphatic imine (C=N–C) groups is 1. The molecule has 1 aliphatic rings. The zero-order chi connectivity index (χ0) is 19.0. The van der Waals surface area contributed by atoms with Gasteiger partial charge in [-0.15, -0.1) is 0 Å². The Hall–Kier alpha value is -2.75. The summed E-state index contributed by atoms with van der Waals surface area (Å²) in [5, 5.41) is 11.3. The van der Waals surface area contributed by atoms with Gasteiger partial charge in [-0.05, 0) is 68.0 Å². The number of aromatic hydroxyl groups is 1. The summed E-state index contributed by atoms with van der Waals surface area (Å²) < 4.78 is 0. The lowest BCUT2D eigenvalue weighted by Crippen LogP contribution is -2.34. The standard InChI is InChI=1S/C23H27N3O/c1-15-6-5-11-26(14-15)21-10-9-18(12-17(21)3)24-13-19-22-16(2)7-4-8-20(22)25-23(19)27/h4,7-10,12-13,15,25,27H,5-6,11,14H2,1-3H3. The van der Waals surface area contributed by atoms with Crippen molar-refractivity contribution < 1.29 is 5.11 Å². The van der Waals surface area contributed by atoms with E-state index in [1.54, 1.807) is 6.21 Å². The molecule has 3 aromatic rings. The van der Waals surface area contributed by atoms with Crippen molar-refractivity contribution in [2.75, 3.05) is 18.0 Å². The van der Waals surface area contributed by atoms with Crippen LogP contribution in [0.15, 0.2) is 41.4 Å². The number of nitrogens with one attached hydrogen (secondary N) is 1. The smallest absolute Gasteiger partial charge is 0.198 e. The van der Waals surface area contributed by atoms with Crippen molar-refractivity contribution in [3.8, 4) is 5.88 Å². The van der Waals surface area contributed by atoms with E-state index in [0.29, 0.717) is 0 Å². The molecule has 1 aromatic heterocycles. The number of anilines is 1. The molecule has 2 N–H and O–H groups in total. The van der Waals surface area contributed by atoms with Crippen LogP contribution in [0.4, 0.5) is 11.4 Å². The molecule has 2 aromatic carbocycles. The Morgan fingerprint density at radius 2 is 2.04 bits per heavy atom. The van der Waals surface area contributed by atoms with Crippen LogP contribution in [0.5, 0.6) is 5.88 Å². The number of aromatic nitrogens is 1. The predicted octanol–water partition coefficient (Wildman–Crippen LogP) is 5.48. The minimum Gasteiger partial charge on any atom is -0.494 e. The van der Waals surface area contributed by atoms with Crippen molar-refractivity contribution in [2.24, 2.45) is 10.9 Å². The van der Waals surface area contributed by atoms with Gasteiger partial charge in [-0.2, -0.15) is 0 Å². The highest BCUT2D eigenvalue weighted by atomic mass is 16.3. The van der Waals surface area contributed by atoms with Crippen LogP contribution in [0.2, 0.25) is 0 Å². The molecule has 0 saturated carbocycles. The second kappa shape index (κ2) is 7.10. The van der Waals surface area contributed by atoms with Crippen LogP contribution in [0, 0.1) is 19.8 Å². The lowest BCUT2D eigenvalue weighted by molar-refractivity contribution is 0.446. The van der Waals surface area contributed by atoms with E-state index >= 15 is 0 Å². The fourth-order valence-corrected chi connectivity index (χ4v) is 4.19. The van der Waals surface area contributed by atoms with Crippen LogP contribution in [0.1, 0.15) is 36.5 Å². The molecule has 4 rings (SSSR count). The molecule has 1 aliphatic heterocycles. The Bertz CT molecular complexity index is 1000. The normalized spacial score (nSPS) is 17.9. The Morgan fingerprint density at radius 3 is 2.81 bits per heavy atom. The van der Waals surface area contributed by atoms with Crippen molar-refractivity contribution in [3.05, 3.63) is 53.1 Å². The van der Waals surface area contributed by atoms with Crippen molar-refractivity contribution in [3.63, 3.8) is 0 Å². The minimum atomic E-state index is 0.165. The summed E-state index contributed by atoms with van der Waals surface area (Å²) in [6.45, 7) is 8.80. The molecular formula is C23H27N3O. The molecule has 2 heterocycles. The van der Waals surface area contributed by atoms with Gasteiger partial charge >= 0.3 is 0 Å². The van der Waals surface area contributed by atoms with E-state index in [0.717, 1.165) is 46.7 Å². The maximum Gasteiger partial charge on any atom is 0.198 e. The van der Waals surface area contributed by atoms with Gasteiger partial charge in [-0.25, -0.2) is 0 Å². The fourth-order valence-electron chi connectivity index (χ4n) is 4.19. The van der Waals surface area contributed by atoms with Gasteiger partial charge in [-0.3, -0.25) is 4.99 Å². The lowest BCUT2D eigenvalue weighted by atomic mass is 9.99. The Balaban J connectivity index is 1.62. The molecule has 0 amide bonds. The van der Waals surface area contributed by atoms with Gasteiger partial charge < -0.3 is 15.0 Å². The number of aromatic amines is 1. The Labute approximate surface area is 160 Å². The Kier molecular flexibility index (Phi) is 4.65. The van der Waals surface area contributed by atoms with E-state index in [4.69, 9.17) is 0 Å². The number of rotatable bonds is 3. The summed E-state index contributed by atoms with van der Waals surface area (Å²) in [6.07, 6.45) is 4.35. The molecule has 1 unspecified atom stereocenters. The third-order valence-corrected chi connectivity index (χ3v) is 5.57. The number of H-pyrrole nitrogens is 1. The van der Waals surface area contributed by atoms with Gasteiger partial charge in [-0.1, -0.05) is 19.1 Å². The summed E-state index contributed by atoms with van der Waals surface area (Å²) in [4.78, 5) is 10.2. The first-order valence-corrected chi connectivity index (χ1v) is 9.73. The number of nitrogens with zero attached hydrogens (tertiary/aromatic N) is 2. The number of piperidine rings is 1. The molecule has 27 heavy (non-hydrogen) atoms. The van der Waals surface area contributed by atoms with Crippen LogP contribution < -0.4 is 4.90 Å². The monoisotopic (exact) mass is 361 g/mol. The van der Waals surface area contributed by atoms with Gasteiger partial charge in [0.25, 0.3) is 0 Å². The molecule has 1 atom stereocenters. The summed E-state index contributed by atoms with van der Waals surface area (Å²) in [5.41, 5.74) is 6.26. The maximum absolute atomic E-state index is 10.3. The Morgan fingerprint density at radius 1 is 1.19 bits per heavy atom. The first-order valence-electron chi connectivity index (χ1n) is 9.73. The van der Waals surface area contributed by atoms with Crippen LogP contribution in [-0.2, 0) is 0 Å². The highest BCUT2D eigenvalue weighted by Crippen LogP contribution is 2.31. The van der Waals surface area contributed by atoms with Crippen molar-refractivity contribution in [1.29, 1.82) is 0 Å². The average Bonchev–Trinajstić information content (AvgIpc) is 2.96. The first kappa shape index (κ1) is 17.7. The van der Waals surface area contributed by atoms with Crippen molar-refractivity contribution >= 4 is 28.5 Å². The lowest BCUT2D eigenvalue weighted by Gasteiger charge is -2.33. The zero-order valence-electron chi connectivity index (χ0n) is 16.3. The van der Waals surface area contributed by atoms with Gasteiger partial charge in [0.2, 0.25) is 0 Å². The maximum atomic E-state index is 10.3. The van der Waals surface area contributed by atoms with Crippen LogP contribution in [0.25, 0.3) is 10.9 Å². The van der Waals surface area contributed by atoms with Gasteiger partial charge in [0.1, 0.15) is 0 Å². The van der Waals surface area contributed by atoms with E-state index in [9.17, 15) is 5.11 Å². The minimum absolute atomic E-state index is 0.165. The SMILES string of the molecule is Cc1cc(N=Cc2c(O)[nH]c3cccc(C)c23)ccc1N1CCCC(C)C1. The molecule has 0 spiro atoms. The second-order valence-electron chi connectivity index (χ2n) is 7.81. The average molecular weight is 361 g/mol. The van der Waals surface area contributed by atoms with Gasteiger partial charge in [0, 0.05) is 35.9 Å². The molecule has 1 fully saturated rings. The quantitative estimate of drug-likeness (QED) is 0.607. The van der Waals surface area contributed by atoms with E-state index in [1.807, 2.05) is 25.1 Å². The summed E-state index contributed by atoms with van der Waals surface area (Å²) in [7, 11) is 0. The molecule has 0 aliphatic carbocycles. The molecular weight excluding hydrogens is 334 g/mol. The fraction of sp³-hybridized carbons (Fsp3) is 0.348. The number of benzene rings is 2. The summed E-state index contributed by atoms with van der Waals surface area (Å²) >= 11 is 0.